The summed E-state index contributed by atoms with van der Waals surface area (Å²) in [7, 11) is 1.73. The van der Waals surface area contributed by atoms with Gasteiger partial charge in [0.05, 0.1) is 29.6 Å². The van der Waals surface area contributed by atoms with Gasteiger partial charge in [-0.15, -0.1) is 0 Å². The summed E-state index contributed by atoms with van der Waals surface area (Å²) in [6.45, 7) is 2.14. The number of hydrogen-bond acceptors (Lipinski definition) is 5. The minimum absolute atomic E-state index is 0.344. The molecule has 1 aliphatic rings. The first-order valence-corrected chi connectivity index (χ1v) is 6.50. The van der Waals surface area contributed by atoms with E-state index in [1.54, 1.807) is 26.2 Å². The number of rotatable bonds is 5. The molecular weight excluding hydrogens is 244 g/mol. The Bertz CT molecular complexity index is 456. The largest absolute Gasteiger partial charge is 0.462 e. The zero-order valence-electron chi connectivity index (χ0n) is 11.3. The van der Waals surface area contributed by atoms with Crippen LogP contribution in [-0.2, 0) is 9.47 Å². The minimum atomic E-state index is -0.344. The zero-order valence-corrected chi connectivity index (χ0v) is 11.3. The highest BCUT2D eigenvalue weighted by atomic mass is 16.5. The van der Waals surface area contributed by atoms with Crippen molar-refractivity contribution in [2.45, 2.75) is 31.9 Å². The normalized spacial score (nSPS) is 21.6. The second-order valence-electron chi connectivity index (χ2n) is 4.69. The molecule has 1 aromatic rings. The number of benzene rings is 1. The molecule has 19 heavy (non-hydrogen) atoms. The molecule has 0 aromatic heterocycles. The number of carbonyl (C=O) groups is 1. The third-order valence-electron chi connectivity index (χ3n) is 3.35. The van der Waals surface area contributed by atoms with Crippen LogP contribution in [-0.4, -0.2) is 31.8 Å². The molecule has 0 atom stereocenters. The van der Waals surface area contributed by atoms with Crippen molar-refractivity contribution in [2.75, 3.05) is 24.8 Å². The molecule has 104 valence electrons. The molecule has 1 saturated carbocycles. The topological polar surface area (TPSA) is 73.6 Å². The number of nitrogens with one attached hydrogen (secondary N) is 1. The van der Waals surface area contributed by atoms with Crippen molar-refractivity contribution >= 4 is 17.3 Å². The molecule has 1 fully saturated rings. The lowest BCUT2D eigenvalue weighted by Crippen LogP contribution is -2.40. The minimum Gasteiger partial charge on any atom is -0.462 e. The highest BCUT2D eigenvalue weighted by Gasteiger charge is 2.29. The third-order valence-corrected chi connectivity index (χ3v) is 3.35. The highest BCUT2D eigenvalue weighted by molar-refractivity contribution is 5.92. The summed E-state index contributed by atoms with van der Waals surface area (Å²) >= 11 is 0. The summed E-state index contributed by atoms with van der Waals surface area (Å²) in [4.78, 5) is 11.6. The average molecular weight is 264 g/mol. The molecule has 2 rings (SSSR count). The smallest absolute Gasteiger partial charge is 0.338 e. The van der Waals surface area contributed by atoms with Gasteiger partial charge in [0.25, 0.3) is 0 Å². The maximum Gasteiger partial charge on any atom is 0.338 e. The predicted molar refractivity (Wildman–Crippen MR) is 74.3 cm³/mol. The van der Waals surface area contributed by atoms with Gasteiger partial charge in [-0.3, -0.25) is 0 Å². The third kappa shape index (κ3) is 3.17. The first kappa shape index (κ1) is 13.7. The van der Waals surface area contributed by atoms with Gasteiger partial charge in [0.15, 0.2) is 0 Å². The molecule has 0 radical (unpaired) electrons. The molecule has 0 spiro atoms. The maximum atomic E-state index is 11.6. The number of ether oxygens (including phenoxy) is 2. The number of anilines is 2. The van der Waals surface area contributed by atoms with E-state index in [2.05, 4.69) is 5.32 Å². The van der Waals surface area contributed by atoms with Crippen LogP contribution < -0.4 is 11.1 Å². The maximum absolute atomic E-state index is 11.6. The van der Waals surface area contributed by atoms with E-state index in [1.165, 1.54) is 0 Å². The Balaban J connectivity index is 1.98. The van der Waals surface area contributed by atoms with Gasteiger partial charge >= 0.3 is 5.97 Å². The average Bonchev–Trinajstić information content (AvgIpc) is 2.35. The van der Waals surface area contributed by atoms with Crippen molar-refractivity contribution in [3.63, 3.8) is 0 Å². The van der Waals surface area contributed by atoms with Crippen LogP contribution in [0.1, 0.15) is 30.1 Å². The van der Waals surface area contributed by atoms with E-state index in [-0.39, 0.29) is 5.97 Å². The first-order chi connectivity index (χ1) is 9.13. The zero-order chi connectivity index (χ0) is 13.8. The van der Waals surface area contributed by atoms with Crippen LogP contribution in [0.5, 0.6) is 0 Å². The standard InChI is InChI=1S/C14H20N2O3/c1-3-19-14(17)9-4-5-13(12(15)6-9)16-10-7-11(8-10)18-2/h4-6,10-11,16H,3,7-8,15H2,1-2H3. The molecule has 1 aliphatic carbocycles. The second-order valence-corrected chi connectivity index (χ2v) is 4.69. The van der Waals surface area contributed by atoms with Gasteiger partial charge < -0.3 is 20.5 Å². The Morgan fingerprint density at radius 1 is 1.47 bits per heavy atom. The Morgan fingerprint density at radius 3 is 2.79 bits per heavy atom. The lowest BCUT2D eigenvalue weighted by atomic mass is 9.89. The van der Waals surface area contributed by atoms with E-state index in [9.17, 15) is 4.79 Å². The molecule has 5 heteroatoms. The summed E-state index contributed by atoms with van der Waals surface area (Å²) < 4.78 is 10.2. The van der Waals surface area contributed by atoms with E-state index >= 15 is 0 Å². The van der Waals surface area contributed by atoms with Crippen LogP contribution in [0.25, 0.3) is 0 Å². The van der Waals surface area contributed by atoms with Crippen molar-refractivity contribution in [3.8, 4) is 0 Å². The Kier molecular flexibility index (Phi) is 4.27. The molecule has 3 N–H and O–H groups in total. The van der Waals surface area contributed by atoms with Gasteiger partial charge in [-0.05, 0) is 38.0 Å². The van der Waals surface area contributed by atoms with Crippen LogP contribution in [0, 0.1) is 0 Å². The molecule has 0 saturated heterocycles. The number of nitrogen functional groups attached to an aromatic ring is 1. The SMILES string of the molecule is CCOC(=O)c1ccc(NC2CC(OC)C2)c(N)c1. The van der Waals surface area contributed by atoms with Gasteiger partial charge in [-0.25, -0.2) is 4.79 Å². The van der Waals surface area contributed by atoms with Gasteiger partial charge in [0, 0.05) is 13.2 Å². The van der Waals surface area contributed by atoms with Crippen LogP contribution in [0.4, 0.5) is 11.4 Å². The lowest BCUT2D eigenvalue weighted by Gasteiger charge is -2.35. The molecule has 1 aromatic carbocycles. The number of carbonyl (C=O) groups excluding carboxylic acids is 1. The van der Waals surface area contributed by atoms with Crippen molar-refractivity contribution in [1.29, 1.82) is 0 Å². The van der Waals surface area contributed by atoms with E-state index < -0.39 is 0 Å². The number of esters is 1. The molecular formula is C14H20N2O3. The molecule has 0 amide bonds. The van der Waals surface area contributed by atoms with E-state index in [0.717, 1.165) is 18.5 Å². The monoisotopic (exact) mass is 264 g/mol. The van der Waals surface area contributed by atoms with Gasteiger partial charge in [-0.1, -0.05) is 0 Å². The van der Waals surface area contributed by atoms with Crippen LogP contribution in [0.2, 0.25) is 0 Å². The van der Waals surface area contributed by atoms with Crippen molar-refractivity contribution in [1.82, 2.24) is 0 Å². The van der Waals surface area contributed by atoms with Gasteiger partial charge in [0.2, 0.25) is 0 Å². The van der Waals surface area contributed by atoms with Crippen LogP contribution >= 0.6 is 0 Å². The fraction of sp³-hybridized carbons (Fsp3) is 0.500. The van der Waals surface area contributed by atoms with Gasteiger partial charge in [0.1, 0.15) is 0 Å². The van der Waals surface area contributed by atoms with E-state index in [4.69, 9.17) is 15.2 Å². The Labute approximate surface area is 113 Å². The lowest BCUT2D eigenvalue weighted by molar-refractivity contribution is 0.0329. The second kappa shape index (κ2) is 5.93. The van der Waals surface area contributed by atoms with E-state index in [0.29, 0.717) is 30.0 Å². The highest BCUT2D eigenvalue weighted by Crippen LogP contribution is 2.29. The summed E-state index contributed by atoms with van der Waals surface area (Å²) in [5.74, 6) is -0.344. The van der Waals surface area contributed by atoms with Crippen molar-refractivity contribution < 1.29 is 14.3 Å². The van der Waals surface area contributed by atoms with Crippen molar-refractivity contribution in [2.24, 2.45) is 0 Å². The number of methoxy groups -OCH3 is 1. The van der Waals surface area contributed by atoms with Crippen LogP contribution in [0.15, 0.2) is 18.2 Å². The molecule has 0 aliphatic heterocycles. The summed E-state index contributed by atoms with van der Waals surface area (Å²) in [5.41, 5.74) is 7.84. The van der Waals surface area contributed by atoms with Gasteiger partial charge in [-0.2, -0.15) is 0 Å². The van der Waals surface area contributed by atoms with E-state index in [1.807, 2.05) is 6.07 Å². The Morgan fingerprint density at radius 2 is 2.21 bits per heavy atom. The summed E-state index contributed by atoms with van der Waals surface area (Å²) in [6, 6.07) is 5.58. The molecule has 0 heterocycles. The molecule has 0 unspecified atom stereocenters. The summed E-state index contributed by atoms with van der Waals surface area (Å²) in [6.07, 6.45) is 2.31. The number of nitrogens with two attached hydrogens (primary N) is 1. The Hall–Kier alpha value is -1.75. The molecule has 0 bridgehead atoms. The number of hydrogen-bond donors (Lipinski definition) is 2. The summed E-state index contributed by atoms with van der Waals surface area (Å²) in [5, 5.41) is 3.35. The van der Waals surface area contributed by atoms with Crippen LogP contribution in [0.3, 0.4) is 0 Å². The molecule has 5 nitrogen and oxygen atoms in total. The fourth-order valence-electron chi connectivity index (χ4n) is 2.13. The van der Waals surface area contributed by atoms with Crippen molar-refractivity contribution in [3.05, 3.63) is 23.8 Å². The first-order valence-electron chi connectivity index (χ1n) is 6.50. The quantitative estimate of drug-likeness (QED) is 0.629. The predicted octanol–water partition coefficient (Wildman–Crippen LogP) is 2.03. The fourth-order valence-corrected chi connectivity index (χ4v) is 2.13.